The third kappa shape index (κ3) is 3.24. The normalized spacial score (nSPS) is 25.9. The first kappa shape index (κ1) is 16.0. The first-order valence-corrected chi connectivity index (χ1v) is 8.42. The number of likely N-dealkylation sites (N-methyl/N-ethyl adjacent to an activating group) is 1. The summed E-state index contributed by atoms with van der Waals surface area (Å²) in [5, 5.41) is 0. The highest BCUT2D eigenvalue weighted by Crippen LogP contribution is 2.29. The Labute approximate surface area is 137 Å². The third-order valence-corrected chi connectivity index (χ3v) is 5.00. The maximum atomic E-state index is 13.0. The number of rotatable bonds is 3. The third-order valence-electron chi connectivity index (χ3n) is 5.00. The first-order valence-electron chi connectivity index (χ1n) is 8.42. The molecule has 3 rings (SSSR count). The van der Waals surface area contributed by atoms with E-state index in [-0.39, 0.29) is 23.8 Å². The quantitative estimate of drug-likeness (QED) is 0.846. The van der Waals surface area contributed by atoms with Gasteiger partial charge in [0.15, 0.2) is 0 Å². The van der Waals surface area contributed by atoms with Gasteiger partial charge in [0.25, 0.3) is 0 Å². The van der Waals surface area contributed by atoms with E-state index in [1.165, 1.54) is 5.56 Å². The molecule has 2 amide bonds. The van der Waals surface area contributed by atoms with Crippen molar-refractivity contribution >= 4 is 11.8 Å². The predicted octanol–water partition coefficient (Wildman–Crippen LogP) is 1.37. The van der Waals surface area contributed by atoms with Gasteiger partial charge in [0.1, 0.15) is 0 Å². The van der Waals surface area contributed by atoms with Crippen LogP contribution in [-0.2, 0) is 9.59 Å². The lowest BCUT2D eigenvalue weighted by atomic mass is 9.99. The van der Waals surface area contributed by atoms with Crippen molar-refractivity contribution in [2.45, 2.75) is 19.4 Å². The Hall–Kier alpha value is -1.88. The van der Waals surface area contributed by atoms with E-state index in [2.05, 4.69) is 24.1 Å². The van der Waals surface area contributed by atoms with Crippen molar-refractivity contribution in [2.24, 2.45) is 5.92 Å². The summed E-state index contributed by atoms with van der Waals surface area (Å²) >= 11 is 0. The van der Waals surface area contributed by atoms with E-state index in [0.717, 1.165) is 19.6 Å². The van der Waals surface area contributed by atoms with E-state index in [4.69, 9.17) is 0 Å². The van der Waals surface area contributed by atoms with Crippen molar-refractivity contribution in [3.63, 3.8) is 0 Å². The van der Waals surface area contributed by atoms with Gasteiger partial charge in [-0.15, -0.1) is 0 Å². The molecule has 2 aliphatic rings. The maximum Gasteiger partial charge on any atom is 0.228 e. The van der Waals surface area contributed by atoms with Gasteiger partial charge in [0, 0.05) is 39.1 Å². The highest BCUT2D eigenvalue weighted by molar-refractivity contribution is 5.89. The van der Waals surface area contributed by atoms with Crippen LogP contribution in [0.5, 0.6) is 0 Å². The molecular weight excluding hydrogens is 290 g/mol. The predicted molar refractivity (Wildman–Crippen MR) is 88.8 cm³/mol. The van der Waals surface area contributed by atoms with Crippen LogP contribution in [0.1, 0.15) is 24.9 Å². The molecular formula is C18H25N3O2. The van der Waals surface area contributed by atoms with Crippen LogP contribution in [0.25, 0.3) is 0 Å². The lowest BCUT2D eigenvalue weighted by Crippen LogP contribution is -2.51. The average molecular weight is 315 g/mol. The second-order valence-corrected chi connectivity index (χ2v) is 6.55. The van der Waals surface area contributed by atoms with E-state index < -0.39 is 0 Å². The number of piperazine rings is 1. The van der Waals surface area contributed by atoms with Crippen LogP contribution in [0.15, 0.2) is 30.3 Å². The van der Waals surface area contributed by atoms with E-state index in [1.54, 1.807) is 4.90 Å². The lowest BCUT2D eigenvalue weighted by Gasteiger charge is -2.41. The molecule has 1 aromatic rings. The Bertz CT molecular complexity index is 575. The molecule has 2 saturated heterocycles. The van der Waals surface area contributed by atoms with Gasteiger partial charge in [-0.3, -0.25) is 9.59 Å². The second kappa shape index (κ2) is 6.71. The summed E-state index contributed by atoms with van der Waals surface area (Å²) in [6.45, 7) is 5.68. The molecule has 124 valence electrons. The fourth-order valence-electron chi connectivity index (χ4n) is 3.62. The van der Waals surface area contributed by atoms with Crippen LogP contribution in [0, 0.1) is 5.92 Å². The van der Waals surface area contributed by atoms with E-state index in [0.29, 0.717) is 19.5 Å². The molecule has 0 spiro atoms. The van der Waals surface area contributed by atoms with Crippen molar-refractivity contribution in [3.05, 3.63) is 35.9 Å². The molecule has 0 saturated carbocycles. The van der Waals surface area contributed by atoms with Crippen LogP contribution >= 0.6 is 0 Å². The molecule has 0 unspecified atom stereocenters. The zero-order valence-electron chi connectivity index (χ0n) is 13.9. The molecule has 2 aliphatic heterocycles. The van der Waals surface area contributed by atoms with E-state index >= 15 is 0 Å². The molecule has 5 heteroatoms. The molecule has 2 fully saturated rings. The van der Waals surface area contributed by atoms with Crippen molar-refractivity contribution in [1.29, 1.82) is 0 Å². The Morgan fingerprint density at radius 2 is 1.91 bits per heavy atom. The highest BCUT2D eigenvalue weighted by atomic mass is 16.2. The zero-order valence-corrected chi connectivity index (χ0v) is 13.9. The molecule has 5 nitrogen and oxygen atoms in total. The van der Waals surface area contributed by atoms with Crippen LogP contribution < -0.4 is 0 Å². The standard InChI is InChI=1S/C18H25N3O2/c1-3-20-12-15(11-17(20)22)18(23)21-10-9-19(2)13-16(21)14-7-5-4-6-8-14/h4-8,15-16H,3,9-13H2,1-2H3/t15-,16+/m0/s1. The minimum Gasteiger partial charge on any atom is -0.342 e. The van der Waals surface area contributed by atoms with Crippen molar-refractivity contribution in [3.8, 4) is 0 Å². The number of carbonyl (C=O) groups excluding carboxylic acids is 2. The molecule has 0 N–H and O–H groups in total. The molecule has 0 radical (unpaired) electrons. The van der Waals surface area contributed by atoms with Crippen molar-refractivity contribution in [1.82, 2.24) is 14.7 Å². The number of hydrogen-bond donors (Lipinski definition) is 0. The van der Waals surface area contributed by atoms with Gasteiger partial charge in [-0.2, -0.15) is 0 Å². The SMILES string of the molecule is CCN1C[C@@H](C(=O)N2CCN(C)C[C@@H]2c2ccccc2)CC1=O. The smallest absolute Gasteiger partial charge is 0.228 e. The molecule has 0 bridgehead atoms. The summed E-state index contributed by atoms with van der Waals surface area (Å²) in [6, 6.07) is 10.3. The zero-order chi connectivity index (χ0) is 16.4. The first-order chi connectivity index (χ1) is 11.1. The van der Waals surface area contributed by atoms with E-state index in [1.807, 2.05) is 30.0 Å². The highest BCUT2D eigenvalue weighted by Gasteiger charge is 2.39. The van der Waals surface area contributed by atoms with Crippen LogP contribution in [0.4, 0.5) is 0 Å². The van der Waals surface area contributed by atoms with Crippen LogP contribution in [0.3, 0.4) is 0 Å². The summed E-state index contributed by atoms with van der Waals surface area (Å²) in [4.78, 5) is 31.0. The minimum absolute atomic E-state index is 0.0771. The van der Waals surface area contributed by atoms with E-state index in [9.17, 15) is 9.59 Å². The number of likely N-dealkylation sites (tertiary alicyclic amines) is 1. The Morgan fingerprint density at radius 1 is 1.17 bits per heavy atom. The fourth-order valence-corrected chi connectivity index (χ4v) is 3.62. The van der Waals surface area contributed by atoms with Gasteiger partial charge in [0.05, 0.1) is 12.0 Å². The number of carbonyl (C=O) groups is 2. The summed E-state index contributed by atoms with van der Waals surface area (Å²) in [5.74, 6) is 0.0598. The molecule has 23 heavy (non-hydrogen) atoms. The maximum absolute atomic E-state index is 13.0. The number of hydrogen-bond acceptors (Lipinski definition) is 3. The molecule has 0 aliphatic carbocycles. The van der Waals surface area contributed by atoms with Gasteiger partial charge in [0.2, 0.25) is 11.8 Å². The van der Waals surface area contributed by atoms with Crippen molar-refractivity contribution in [2.75, 3.05) is 39.8 Å². The second-order valence-electron chi connectivity index (χ2n) is 6.55. The summed E-state index contributed by atoms with van der Waals surface area (Å²) in [7, 11) is 2.09. The summed E-state index contributed by atoms with van der Waals surface area (Å²) in [6.07, 6.45) is 0.362. The summed E-state index contributed by atoms with van der Waals surface area (Å²) in [5.41, 5.74) is 1.17. The Balaban J connectivity index is 1.79. The molecule has 0 aromatic heterocycles. The molecule has 2 atom stereocenters. The molecule has 1 aromatic carbocycles. The average Bonchev–Trinajstić information content (AvgIpc) is 2.96. The van der Waals surface area contributed by atoms with Crippen LogP contribution in [0.2, 0.25) is 0 Å². The Morgan fingerprint density at radius 3 is 2.57 bits per heavy atom. The number of nitrogens with zero attached hydrogens (tertiary/aromatic N) is 3. The number of benzene rings is 1. The number of amides is 2. The lowest BCUT2D eigenvalue weighted by molar-refractivity contribution is -0.140. The molecule has 2 heterocycles. The minimum atomic E-state index is -0.183. The van der Waals surface area contributed by atoms with Gasteiger partial charge < -0.3 is 14.7 Å². The van der Waals surface area contributed by atoms with Gasteiger partial charge in [-0.25, -0.2) is 0 Å². The topological polar surface area (TPSA) is 43.9 Å². The largest absolute Gasteiger partial charge is 0.342 e. The Kier molecular flexibility index (Phi) is 4.66. The van der Waals surface area contributed by atoms with Crippen LogP contribution in [-0.4, -0.2) is 66.3 Å². The fraction of sp³-hybridized carbons (Fsp3) is 0.556. The summed E-state index contributed by atoms with van der Waals surface area (Å²) < 4.78 is 0. The van der Waals surface area contributed by atoms with Gasteiger partial charge >= 0.3 is 0 Å². The van der Waals surface area contributed by atoms with Gasteiger partial charge in [-0.05, 0) is 19.5 Å². The van der Waals surface area contributed by atoms with Crippen molar-refractivity contribution < 1.29 is 9.59 Å². The monoisotopic (exact) mass is 315 g/mol. The van der Waals surface area contributed by atoms with Gasteiger partial charge in [-0.1, -0.05) is 30.3 Å².